The SMILES string of the molecule is CCOC(=O)[C@@H]1OC(c2ccc(C(O)O)cc2)O[C@H]1C(=O)OCC. The van der Waals surface area contributed by atoms with Crippen molar-refractivity contribution in [3.63, 3.8) is 0 Å². The number of aliphatic hydroxyl groups excluding tert-OH is 1. The second-order valence-electron chi connectivity index (χ2n) is 4.99. The predicted octanol–water partition coefficient (Wildman–Crippen LogP) is 0.579. The lowest BCUT2D eigenvalue weighted by Gasteiger charge is -2.13. The van der Waals surface area contributed by atoms with Crippen molar-refractivity contribution >= 4 is 11.9 Å². The number of hydrogen-bond acceptors (Lipinski definition) is 8. The fraction of sp³-hybridized carbons (Fsp3) is 0.500. The van der Waals surface area contributed by atoms with E-state index in [2.05, 4.69) is 0 Å². The van der Waals surface area contributed by atoms with Gasteiger partial charge in [0.2, 0.25) is 0 Å². The van der Waals surface area contributed by atoms with E-state index in [1.165, 1.54) is 12.1 Å². The highest BCUT2D eigenvalue weighted by Crippen LogP contribution is 2.33. The fourth-order valence-electron chi connectivity index (χ4n) is 2.23. The molecule has 1 heterocycles. The number of ether oxygens (including phenoxy) is 4. The van der Waals surface area contributed by atoms with Crippen LogP contribution in [-0.2, 0) is 28.5 Å². The van der Waals surface area contributed by atoms with Gasteiger partial charge in [0.25, 0.3) is 0 Å². The minimum atomic E-state index is -1.59. The monoisotopic (exact) mass is 340 g/mol. The van der Waals surface area contributed by atoms with Gasteiger partial charge in [0.15, 0.2) is 24.8 Å². The number of carbonyl (C=O) groups is 2. The Balaban J connectivity index is 2.17. The molecule has 2 atom stereocenters. The average Bonchev–Trinajstić information content (AvgIpc) is 3.01. The van der Waals surface area contributed by atoms with Gasteiger partial charge in [0.1, 0.15) is 0 Å². The van der Waals surface area contributed by atoms with Gasteiger partial charge >= 0.3 is 11.9 Å². The molecular weight excluding hydrogens is 320 g/mol. The summed E-state index contributed by atoms with van der Waals surface area (Å²) in [6, 6.07) is 6.05. The van der Waals surface area contributed by atoms with Crippen LogP contribution in [0.1, 0.15) is 37.6 Å². The average molecular weight is 340 g/mol. The molecule has 0 unspecified atom stereocenters. The van der Waals surface area contributed by atoms with Crippen LogP contribution in [0, 0.1) is 0 Å². The molecular formula is C16H20O8. The molecule has 132 valence electrons. The van der Waals surface area contributed by atoms with Crippen LogP contribution >= 0.6 is 0 Å². The van der Waals surface area contributed by atoms with Crippen LogP contribution in [0.4, 0.5) is 0 Å². The third-order valence-electron chi connectivity index (χ3n) is 3.36. The van der Waals surface area contributed by atoms with Crippen molar-refractivity contribution in [2.24, 2.45) is 0 Å². The van der Waals surface area contributed by atoms with Gasteiger partial charge in [-0.1, -0.05) is 24.3 Å². The van der Waals surface area contributed by atoms with E-state index in [1.54, 1.807) is 26.0 Å². The van der Waals surface area contributed by atoms with Crippen molar-refractivity contribution in [2.75, 3.05) is 13.2 Å². The maximum absolute atomic E-state index is 12.0. The molecule has 0 radical (unpaired) electrons. The zero-order chi connectivity index (χ0) is 17.7. The second-order valence-corrected chi connectivity index (χ2v) is 4.99. The molecule has 8 nitrogen and oxygen atoms in total. The Morgan fingerprint density at radius 1 is 1.00 bits per heavy atom. The lowest BCUT2D eigenvalue weighted by molar-refractivity contribution is -0.163. The van der Waals surface area contributed by atoms with Gasteiger partial charge in [0.05, 0.1) is 13.2 Å². The number of benzene rings is 1. The molecule has 1 aromatic carbocycles. The van der Waals surface area contributed by atoms with Crippen LogP contribution < -0.4 is 0 Å². The highest BCUT2D eigenvalue weighted by molar-refractivity contribution is 5.86. The smallest absolute Gasteiger partial charge is 0.338 e. The van der Waals surface area contributed by atoms with E-state index in [4.69, 9.17) is 29.2 Å². The number of aliphatic hydroxyl groups is 2. The lowest BCUT2D eigenvalue weighted by atomic mass is 10.1. The molecule has 0 amide bonds. The molecule has 1 fully saturated rings. The van der Waals surface area contributed by atoms with E-state index in [-0.39, 0.29) is 13.2 Å². The second kappa shape index (κ2) is 8.20. The van der Waals surface area contributed by atoms with E-state index in [9.17, 15) is 9.59 Å². The maximum atomic E-state index is 12.0. The molecule has 0 aliphatic carbocycles. The first-order chi connectivity index (χ1) is 11.5. The fourth-order valence-corrected chi connectivity index (χ4v) is 2.23. The third-order valence-corrected chi connectivity index (χ3v) is 3.36. The Labute approximate surface area is 138 Å². The molecule has 2 N–H and O–H groups in total. The molecule has 1 aliphatic heterocycles. The quantitative estimate of drug-likeness (QED) is 0.571. The van der Waals surface area contributed by atoms with Crippen molar-refractivity contribution in [1.82, 2.24) is 0 Å². The first kappa shape index (κ1) is 18.3. The van der Waals surface area contributed by atoms with E-state index in [1.807, 2.05) is 0 Å². The molecule has 1 aliphatic rings. The summed E-state index contributed by atoms with van der Waals surface area (Å²) in [5.41, 5.74) is 0.807. The number of rotatable bonds is 6. The Morgan fingerprint density at radius 2 is 1.46 bits per heavy atom. The van der Waals surface area contributed by atoms with E-state index >= 15 is 0 Å². The van der Waals surface area contributed by atoms with Crippen molar-refractivity contribution in [1.29, 1.82) is 0 Å². The van der Waals surface area contributed by atoms with Gasteiger partial charge in [0, 0.05) is 11.1 Å². The molecule has 2 rings (SSSR count). The molecule has 8 heteroatoms. The van der Waals surface area contributed by atoms with Crippen molar-refractivity contribution in [3.05, 3.63) is 35.4 Å². The van der Waals surface area contributed by atoms with Gasteiger partial charge in [-0.2, -0.15) is 0 Å². The summed E-state index contributed by atoms with van der Waals surface area (Å²) in [7, 11) is 0. The van der Waals surface area contributed by atoms with Gasteiger partial charge in [-0.3, -0.25) is 0 Å². The van der Waals surface area contributed by atoms with Crippen LogP contribution in [0.2, 0.25) is 0 Å². The van der Waals surface area contributed by atoms with Crippen LogP contribution in [0.5, 0.6) is 0 Å². The van der Waals surface area contributed by atoms with E-state index < -0.39 is 36.7 Å². The van der Waals surface area contributed by atoms with Gasteiger partial charge in [-0.25, -0.2) is 9.59 Å². The zero-order valence-electron chi connectivity index (χ0n) is 13.4. The number of hydrogen-bond donors (Lipinski definition) is 2. The molecule has 1 saturated heterocycles. The van der Waals surface area contributed by atoms with E-state index in [0.29, 0.717) is 11.1 Å². The van der Waals surface area contributed by atoms with Gasteiger partial charge in [-0.15, -0.1) is 0 Å². The van der Waals surface area contributed by atoms with Crippen molar-refractivity contribution < 1.29 is 38.7 Å². The Kier molecular flexibility index (Phi) is 6.27. The minimum Gasteiger partial charge on any atom is -0.464 e. The van der Waals surface area contributed by atoms with E-state index in [0.717, 1.165) is 0 Å². The zero-order valence-corrected chi connectivity index (χ0v) is 13.4. The van der Waals surface area contributed by atoms with Gasteiger partial charge in [-0.05, 0) is 13.8 Å². The van der Waals surface area contributed by atoms with Crippen molar-refractivity contribution in [3.8, 4) is 0 Å². The summed E-state index contributed by atoms with van der Waals surface area (Å²) < 4.78 is 20.8. The van der Waals surface area contributed by atoms with Gasteiger partial charge < -0.3 is 29.2 Å². The standard InChI is InChI=1S/C16H20O8/c1-3-21-14(19)11-12(15(20)22-4-2)24-16(23-11)10-7-5-9(6-8-10)13(17)18/h5-8,11-13,16-18H,3-4H2,1-2H3/t11-,12-/m1/s1. The third kappa shape index (κ3) is 4.09. The first-order valence-electron chi connectivity index (χ1n) is 7.58. The molecule has 1 aromatic rings. The van der Waals surface area contributed by atoms with Crippen LogP contribution in [-0.4, -0.2) is 47.6 Å². The van der Waals surface area contributed by atoms with Crippen LogP contribution in [0.3, 0.4) is 0 Å². The summed E-state index contributed by atoms with van der Waals surface area (Å²) in [6.07, 6.45) is -5.02. The Hall–Kier alpha value is -2.00. The minimum absolute atomic E-state index is 0.141. The number of carbonyl (C=O) groups excluding carboxylic acids is 2. The summed E-state index contributed by atoms with van der Waals surface area (Å²) >= 11 is 0. The lowest BCUT2D eigenvalue weighted by Crippen LogP contribution is -2.39. The van der Waals surface area contributed by atoms with Crippen LogP contribution in [0.15, 0.2) is 24.3 Å². The summed E-state index contributed by atoms with van der Waals surface area (Å²) in [4.78, 5) is 24.0. The first-order valence-corrected chi connectivity index (χ1v) is 7.58. The van der Waals surface area contributed by atoms with Crippen LogP contribution in [0.25, 0.3) is 0 Å². The molecule has 0 aromatic heterocycles. The maximum Gasteiger partial charge on any atom is 0.338 e. The predicted molar refractivity (Wildman–Crippen MR) is 79.4 cm³/mol. The highest BCUT2D eigenvalue weighted by Gasteiger charge is 2.47. The Bertz CT molecular complexity index is 542. The Morgan fingerprint density at radius 3 is 1.83 bits per heavy atom. The summed E-state index contributed by atoms with van der Waals surface area (Å²) in [5.74, 6) is -1.42. The molecule has 0 saturated carbocycles. The number of esters is 2. The topological polar surface area (TPSA) is 112 Å². The largest absolute Gasteiger partial charge is 0.464 e. The summed E-state index contributed by atoms with van der Waals surface area (Å²) in [6.45, 7) is 3.57. The molecule has 0 spiro atoms. The molecule has 0 bridgehead atoms. The highest BCUT2D eigenvalue weighted by atomic mass is 16.8. The molecule has 24 heavy (non-hydrogen) atoms. The van der Waals surface area contributed by atoms with Crippen molar-refractivity contribution in [2.45, 2.75) is 38.6 Å². The normalized spacial score (nSPS) is 21.0. The summed E-state index contributed by atoms with van der Waals surface area (Å²) in [5, 5.41) is 18.2.